The van der Waals surface area contributed by atoms with E-state index in [0.717, 1.165) is 34.8 Å². The molecular weight excluding hydrogens is 446 g/mol. The van der Waals surface area contributed by atoms with Crippen LogP contribution in [0.3, 0.4) is 0 Å². The van der Waals surface area contributed by atoms with Crippen LogP contribution in [0.1, 0.15) is 21.5 Å². The van der Waals surface area contributed by atoms with E-state index >= 15 is 0 Å². The molecule has 5 nitrogen and oxygen atoms in total. The first kappa shape index (κ1) is 24.8. The van der Waals surface area contributed by atoms with Gasteiger partial charge in [-0.05, 0) is 77.2 Å². The fourth-order valence-electron chi connectivity index (χ4n) is 3.89. The molecule has 1 amide bonds. The standard InChI is InChI=1S/C24H22F2N2O2S.CH4O/c1-16-17(8-13-29)14-18-2-3-20(26)15-22(18)23(16)24(30)27-9-11-28(12-10-27)31-21-6-4-19(25)5-7-21;1-2/h2-7,13-15H,8-12H2,1H3;2H,1H3. The topological polar surface area (TPSA) is 60.9 Å². The number of carbonyl (C=O) groups excluding carboxylic acids is 2. The van der Waals surface area contributed by atoms with Gasteiger partial charge in [-0.15, -0.1) is 0 Å². The van der Waals surface area contributed by atoms with Crippen molar-refractivity contribution in [1.29, 1.82) is 0 Å². The molecule has 1 saturated heterocycles. The van der Waals surface area contributed by atoms with Crippen LogP contribution in [-0.2, 0) is 11.2 Å². The van der Waals surface area contributed by atoms with Crippen LogP contribution in [0.5, 0.6) is 0 Å². The molecule has 4 rings (SSSR count). The number of benzene rings is 3. The van der Waals surface area contributed by atoms with Crippen LogP contribution in [0.4, 0.5) is 8.78 Å². The van der Waals surface area contributed by atoms with E-state index in [4.69, 9.17) is 5.11 Å². The van der Waals surface area contributed by atoms with Gasteiger partial charge in [0.25, 0.3) is 5.91 Å². The Hall–Kier alpha value is -2.81. The van der Waals surface area contributed by atoms with Gasteiger partial charge in [-0.2, -0.15) is 0 Å². The third-order valence-corrected chi connectivity index (χ3v) is 6.67. The number of fused-ring (bicyclic) bond motifs is 1. The van der Waals surface area contributed by atoms with Crippen molar-refractivity contribution in [3.8, 4) is 0 Å². The monoisotopic (exact) mass is 472 g/mol. The quantitative estimate of drug-likeness (QED) is 0.445. The SMILES string of the molecule is CO.Cc1c(CC=O)cc2ccc(F)cc2c1C(=O)N1CCN(Sc2ccc(F)cc2)CC1. The van der Waals surface area contributed by atoms with Gasteiger partial charge >= 0.3 is 0 Å². The molecule has 1 aliphatic rings. The molecular formula is C25H26F2N2O3S. The molecule has 33 heavy (non-hydrogen) atoms. The van der Waals surface area contributed by atoms with Gasteiger partial charge in [-0.1, -0.05) is 12.1 Å². The number of aliphatic hydroxyl groups excluding tert-OH is 1. The number of nitrogens with zero attached hydrogens (tertiary/aromatic N) is 2. The zero-order valence-corrected chi connectivity index (χ0v) is 19.4. The Labute approximate surface area is 196 Å². The van der Waals surface area contributed by atoms with E-state index in [-0.39, 0.29) is 18.1 Å². The molecule has 1 aliphatic heterocycles. The molecule has 0 saturated carbocycles. The first-order valence-corrected chi connectivity index (χ1v) is 11.3. The Morgan fingerprint density at radius 1 is 1.00 bits per heavy atom. The molecule has 0 spiro atoms. The van der Waals surface area contributed by atoms with Crippen molar-refractivity contribution in [2.45, 2.75) is 18.2 Å². The van der Waals surface area contributed by atoms with Crippen molar-refractivity contribution < 1.29 is 23.5 Å². The Morgan fingerprint density at radius 2 is 1.64 bits per heavy atom. The summed E-state index contributed by atoms with van der Waals surface area (Å²) in [7, 11) is 1.00. The van der Waals surface area contributed by atoms with Gasteiger partial charge in [0.05, 0.1) is 5.56 Å². The molecule has 1 heterocycles. The van der Waals surface area contributed by atoms with E-state index in [1.54, 1.807) is 23.1 Å². The Morgan fingerprint density at radius 3 is 2.27 bits per heavy atom. The maximum atomic E-state index is 14.0. The van der Waals surface area contributed by atoms with E-state index in [2.05, 4.69) is 4.31 Å². The number of amides is 1. The summed E-state index contributed by atoms with van der Waals surface area (Å²) in [5, 5.41) is 8.32. The smallest absolute Gasteiger partial charge is 0.254 e. The highest BCUT2D eigenvalue weighted by molar-refractivity contribution is 7.97. The zero-order valence-electron chi connectivity index (χ0n) is 18.6. The Bertz CT molecular complexity index is 1130. The average Bonchev–Trinajstić information content (AvgIpc) is 2.83. The van der Waals surface area contributed by atoms with Gasteiger partial charge < -0.3 is 14.8 Å². The number of carbonyl (C=O) groups is 2. The van der Waals surface area contributed by atoms with Crippen molar-refractivity contribution in [1.82, 2.24) is 9.21 Å². The van der Waals surface area contributed by atoms with Crippen molar-refractivity contribution in [2.24, 2.45) is 0 Å². The number of aliphatic hydroxyl groups is 1. The van der Waals surface area contributed by atoms with E-state index in [1.807, 2.05) is 13.0 Å². The normalized spacial score (nSPS) is 14.0. The molecule has 3 aromatic carbocycles. The number of hydrogen-bond acceptors (Lipinski definition) is 5. The number of rotatable bonds is 5. The van der Waals surface area contributed by atoms with Crippen LogP contribution in [-0.4, -0.2) is 59.8 Å². The van der Waals surface area contributed by atoms with Crippen LogP contribution in [0.15, 0.2) is 53.4 Å². The van der Waals surface area contributed by atoms with E-state index in [0.29, 0.717) is 37.1 Å². The minimum atomic E-state index is -0.399. The molecule has 174 valence electrons. The van der Waals surface area contributed by atoms with Crippen molar-refractivity contribution >= 4 is 34.9 Å². The number of hydrogen-bond donors (Lipinski definition) is 1. The minimum Gasteiger partial charge on any atom is -0.400 e. The lowest BCUT2D eigenvalue weighted by molar-refractivity contribution is -0.107. The highest BCUT2D eigenvalue weighted by Gasteiger charge is 2.26. The second-order valence-corrected chi connectivity index (χ2v) is 8.71. The second-order valence-electron chi connectivity index (χ2n) is 7.54. The van der Waals surface area contributed by atoms with Crippen molar-refractivity contribution in [2.75, 3.05) is 33.3 Å². The number of halogens is 2. The van der Waals surface area contributed by atoms with Gasteiger partial charge in [0.15, 0.2) is 0 Å². The third kappa shape index (κ3) is 5.76. The molecule has 8 heteroatoms. The summed E-state index contributed by atoms with van der Waals surface area (Å²) in [5.74, 6) is -0.813. The zero-order chi connectivity index (χ0) is 24.0. The van der Waals surface area contributed by atoms with Crippen LogP contribution >= 0.6 is 11.9 Å². The third-order valence-electron chi connectivity index (χ3n) is 5.56. The first-order chi connectivity index (χ1) is 16.0. The summed E-state index contributed by atoms with van der Waals surface area (Å²) in [4.78, 5) is 27.3. The minimum absolute atomic E-state index is 0.146. The van der Waals surface area contributed by atoms with Gasteiger partial charge in [-0.3, -0.25) is 4.79 Å². The molecule has 0 aliphatic carbocycles. The predicted octanol–water partition coefficient (Wildman–Crippen LogP) is 4.24. The van der Waals surface area contributed by atoms with Crippen molar-refractivity contribution in [3.63, 3.8) is 0 Å². The van der Waals surface area contributed by atoms with Crippen LogP contribution in [0.25, 0.3) is 10.8 Å². The summed E-state index contributed by atoms with van der Waals surface area (Å²) in [5.41, 5.74) is 1.97. The maximum absolute atomic E-state index is 14.0. The summed E-state index contributed by atoms with van der Waals surface area (Å²) in [6, 6.07) is 12.6. The summed E-state index contributed by atoms with van der Waals surface area (Å²) >= 11 is 1.54. The average molecular weight is 473 g/mol. The predicted molar refractivity (Wildman–Crippen MR) is 126 cm³/mol. The number of piperazine rings is 1. The summed E-state index contributed by atoms with van der Waals surface area (Å²) < 4.78 is 29.2. The van der Waals surface area contributed by atoms with Gasteiger partial charge in [-0.25, -0.2) is 13.1 Å². The van der Waals surface area contributed by atoms with Crippen LogP contribution in [0.2, 0.25) is 0 Å². The van der Waals surface area contributed by atoms with Gasteiger partial charge in [0, 0.05) is 44.6 Å². The lowest BCUT2D eigenvalue weighted by Crippen LogP contribution is -2.46. The molecule has 3 aromatic rings. The molecule has 0 unspecified atom stereocenters. The fraction of sp³-hybridized carbons (Fsp3) is 0.280. The van der Waals surface area contributed by atoms with Crippen molar-refractivity contribution in [3.05, 3.63) is 76.9 Å². The largest absolute Gasteiger partial charge is 0.400 e. The number of aldehydes is 1. The van der Waals surface area contributed by atoms with Gasteiger partial charge in [0.1, 0.15) is 17.9 Å². The highest BCUT2D eigenvalue weighted by atomic mass is 32.2. The van der Waals surface area contributed by atoms with E-state index in [1.165, 1.54) is 36.2 Å². The molecule has 0 bridgehead atoms. The first-order valence-electron chi connectivity index (χ1n) is 10.5. The van der Waals surface area contributed by atoms with E-state index in [9.17, 15) is 18.4 Å². The molecule has 1 N–H and O–H groups in total. The second kappa shape index (κ2) is 11.4. The van der Waals surface area contributed by atoms with E-state index < -0.39 is 5.82 Å². The summed E-state index contributed by atoms with van der Waals surface area (Å²) in [6.45, 7) is 4.19. The lowest BCUT2D eigenvalue weighted by Gasteiger charge is -2.34. The van der Waals surface area contributed by atoms with Gasteiger partial charge in [0.2, 0.25) is 0 Å². The molecule has 0 atom stereocenters. The molecule has 1 fully saturated rings. The van der Waals surface area contributed by atoms with Crippen LogP contribution < -0.4 is 0 Å². The maximum Gasteiger partial charge on any atom is 0.254 e. The lowest BCUT2D eigenvalue weighted by atomic mass is 9.92. The molecule has 0 aromatic heterocycles. The summed E-state index contributed by atoms with van der Waals surface area (Å²) in [6.07, 6.45) is 1.03. The Kier molecular flexibility index (Phi) is 8.55. The fourth-order valence-corrected chi connectivity index (χ4v) is 4.79. The molecule has 0 radical (unpaired) electrons. The Balaban J connectivity index is 0.00000149. The van der Waals surface area contributed by atoms with Crippen LogP contribution in [0, 0.1) is 18.6 Å². The highest BCUT2D eigenvalue weighted by Crippen LogP contribution is 2.29.